The van der Waals surface area contributed by atoms with E-state index in [1.54, 1.807) is 17.8 Å². The van der Waals surface area contributed by atoms with E-state index in [9.17, 15) is 8.42 Å². The molecule has 0 atom stereocenters. The van der Waals surface area contributed by atoms with Gasteiger partial charge in [0.1, 0.15) is 0 Å². The van der Waals surface area contributed by atoms with Crippen LogP contribution < -0.4 is 4.31 Å². The van der Waals surface area contributed by atoms with Gasteiger partial charge in [0, 0.05) is 21.7 Å². The minimum absolute atomic E-state index is 0.360. The number of fused-ring (bicyclic) bond motifs is 1. The smallest absolute Gasteiger partial charge is 0.264 e. The van der Waals surface area contributed by atoms with Crippen molar-refractivity contribution >= 4 is 43.4 Å². The van der Waals surface area contributed by atoms with Gasteiger partial charge in [-0.05, 0) is 36.8 Å². The Hall–Kier alpha value is -0.980. The topological polar surface area (TPSA) is 37.4 Å². The largest absolute Gasteiger partial charge is 0.264 e. The van der Waals surface area contributed by atoms with Gasteiger partial charge in [0.25, 0.3) is 10.0 Å². The summed E-state index contributed by atoms with van der Waals surface area (Å²) in [5.74, 6) is 0.767. The lowest BCUT2D eigenvalue weighted by atomic mass is 10.2. The fourth-order valence-corrected chi connectivity index (χ4v) is 5.78. The summed E-state index contributed by atoms with van der Waals surface area (Å²) in [6.45, 7) is 2.32. The Kier molecular flexibility index (Phi) is 4.03. The summed E-state index contributed by atoms with van der Waals surface area (Å²) < 4.78 is 28.3. The molecule has 110 valence electrons. The molecule has 0 saturated carbocycles. The molecule has 1 aliphatic rings. The van der Waals surface area contributed by atoms with Crippen LogP contribution in [-0.2, 0) is 10.0 Å². The predicted octanol–water partition coefficient (Wildman–Crippen LogP) is 4.06. The molecule has 0 aromatic heterocycles. The molecule has 0 spiro atoms. The average molecular weight is 384 g/mol. The normalized spacial score (nSPS) is 14.9. The van der Waals surface area contributed by atoms with E-state index in [1.165, 1.54) is 4.31 Å². The van der Waals surface area contributed by atoms with Crippen LogP contribution in [0.3, 0.4) is 0 Å². The van der Waals surface area contributed by atoms with Gasteiger partial charge in [0.05, 0.1) is 10.6 Å². The van der Waals surface area contributed by atoms with Gasteiger partial charge in [-0.1, -0.05) is 34.1 Å². The van der Waals surface area contributed by atoms with Crippen molar-refractivity contribution in [3.05, 3.63) is 52.5 Å². The second-order valence-corrected chi connectivity index (χ2v) is 8.69. The predicted molar refractivity (Wildman–Crippen MR) is 90.6 cm³/mol. The van der Waals surface area contributed by atoms with Crippen LogP contribution >= 0.6 is 27.7 Å². The van der Waals surface area contributed by atoms with Gasteiger partial charge in [-0.3, -0.25) is 4.31 Å². The molecule has 0 saturated heterocycles. The highest BCUT2D eigenvalue weighted by Crippen LogP contribution is 2.38. The van der Waals surface area contributed by atoms with E-state index in [-0.39, 0.29) is 0 Å². The zero-order valence-electron chi connectivity index (χ0n) is 11.4. The third kappa shape index (κ3) is 2.72. The highest BCUT2D eigenvalue weighted by atomic mass is 79.9. The number of anilines is 1. The molecule has 6 heteroatoms. The lowest BCUT2D eigenvalue weighted by molar-refractivity contribution is 0.590. The summed E-state index contributed by atoms with van der Waals surface area (Å²) in [5.41, 5.74) is 1.53. The van der Waals surface area contributed by atoms with Crippen molar-refractivity contribution in [1.29, 1.82) is 0 Å². The zero-order chi connectivity index (χ0) is 15.0. The SMILES string of the molecule is Cc1ccc(Br)cc1S(=O)(=O)N1CCSc2ccccc21. The maximum Gasteiger partial charge on any atom is 0.264 e. The number of thioether (sulfide) groups is 1. The summed E-state index contributed by atoms with van der Waals surface area (Å²) >= 11 is 5.05. The van der Waals surface area contributed by atoms with Gasteiger partial charge in [0.2, 0.25) is 0 Å². The van der Waals surface area contributed by atoms with Crippen LogP contribution in [0.15, 0.2) is 56.7 Å². The summed E-state index contributed by atoms with van der Waals surface area (Å²) in [6, 6.07) is 13.0. The number of benzene rings is 2. The highest BCUT2D eigenvalue weighted by molar-refractivity contribution is 9.10. The monoisotopic (exact) mass is 383 g/mol. The quantitative estimate of drug-likeness (QED) is 0.784. The molecule has 0 radical (unpaired) electrons. The van der Waals surface area contributed by atoms with Crippen LogP contribution in [0.25, 0.3) is 0 Å². The van der Waals surface area contributed by atoms with Gasteiger partial charge in [0.15, 0.2) is 0 Å². The Balaban J connectivity index is 2.14. The molecule has 2 aromatic rings. The Labute approximate surface area is 137 Å². The fourth-order valence-electron chi connectivity index (χ4n) is 2.36. The summed E-state index contributed by atoms with van der Waals surface area (Å²) in [5, 5.41) is 0. The molecule has 0 amide bonds. The maximum absolute atomic E-state index is 13.0. The maximum atomic E-state index is 13.0. The van der Waals surface area contributed by atoms with E-state index in [2.05, 4.69) is 15.9 Å². The standard InChI is InChI=1S/C15H14BrNO2S2/c1-11-6-7-12(16)10-15(11)21(18,19)17-8-9-20-14-5-3-2-4-13(14)17/h2-7,10H,8-9H2,1H3. The lowest BCUT2D eigenvalue weighted by Crippen LogP contribution is -2.35. The fraction of sp³-hybridized carbons (Fsp3) is 0.200. The van der Waals surface area contributed by atoms with Crippen molar-refractivity contribution < 1.29 is 8.42 Å². The molecular weight excluding hydrogens is 370 g/mol. The molecular formula is C15H14BrNO2S2. The van der Waals surface area contributed by atoms with Crippen molar-refractivity contribution in [2.75, 3.05) is 16.6 Å². The molecule has 3 rings (SSSR count). The number of nitrogens with zero attached hydrogens (tertiary/aromatic N) is 1. The van der Waals surface area contributed by atoms with Gasteiger partial charge >= 0.3 is 0 Å². The van der Waals surface area contributed by atoms with E-state index in [0.717, 1.165) is 26.4 Å². The highest BCUT2D eigenvalue weighted by Gasteiger charge is 2.30. The van der Waals surface area contributed by atoms with Crippen LogP contribution in [0.5, 0.6) is 0 Å². The van der Waals surface area contributed by atoms with Crippen LogP contribution in [0.1, 0.15) is 5.56 Å². The minimum atomic E-state index is -3.54. The number of aryl methyl sites for hydroxylation is 1. The number of rotatable bonds is 2. The number of para-hydroxylation sites is 1. The zero-order valence-corrected chi connectivity index (χ0v) is 14.6. The summed E-state index contributed by atoms with van der Waals surface area (Å²) in [4.78, 5) is 1.37. The number of hydrogen-bond donors (Lipinski definition) is 0. The van der Waals surface area contributed by atoms with Gasteiger partial charge in [-0.25, -0.2) is 8.42 Å². The second kappa shape index (κ2) is 5.66. The first kappa shape index (κ1) is 14.9. The summed E-state index contributed by atoms with van der Waals surface area (Å²) in [6.07, 6.45) is 0. The number of sulfonamides is 1. The first-order valence-corrected chi connectivity index (χ1v) is 9.73. The summed E-state index contributed by atoms with van der Waals surface area (Å²) in [7, 11) is -3.54. The number of halogens is 1. The Bertz CT molecular complexity index is 790. The van der Waals surface area contributed by atoms with E-state index >= 15 is 0 Å². The molecule has 21 heavy (non-hydrogen) atoms. The second-order valence-electron chi connectivity index (χ2n) is 4.80. The first-order chi connectivity index (χ1) is 10.00. The van der Waals surface area contributed by atoms with Crippen molar-refractivity contribution in [1.82, 2.24) is 0 Å². The number of hydrogen-bond acceptors (Lipinski definition) is 3. The van der Waals surface area contributed by atoms with E-state index in [1.807, 2.05) is 43.3 Å². The molecule has 0 N–H and O–H groups in total. The van der Waals surface area contributed by atoms with E-state index in [4.69, 9.17) is 0 Å². The molecule has 2 aromatic carbocycles. The first-order valence-electron chi connectivity index (χ1n) is 6.51. The van der Waals surface area contributed by atoms with E-state index < -0.39 is 10.0 Å². The molecule has 0 fully saturated rings. The van der Waals surface area contributed by atoms with Crippen LogP contribution in [0.4, 0.5) is 5.69 Å². The van der Waals surface area contributed by atoms with Crippen LogP contribution in [0.2, 0.25) is 0 Å². The molecule has 1 heterocycles. The van der Waals surface area contributed by atoms with Crippen LogP contribution in [0, 0.1) is 6.92 Å². The molecule has 0 bridgehead atoms. The molecule has 1 aliphatic heterocycles. The Morgan fingerprint density at radius 1 is 1.19 bits per heavy atom. The van der Waals surface area contributed by atoms with E-state index in [0.29, 0.717) is 11.4 Å². The van der Waals surface area contributed by atoms with Crippen molar-refractivity contribution in [2.45, 2.75) is 16.7 Å². The Morgan fingerprint density at radius 3 is 2.76 bits per heavy atom. The van der Waals surface area contributed by atoms with Crippen molar-refractivity contribution in [2.24, 2.45) is 0 Å². The Morgan fingerprint density at radius 2 is 1.95 bits per heavy atom. The van der Waals surface area contributed by atoms with Crippen molar-refractivity contribution in [3.63, 3.8) is 0 Å². The third-order valence-electron chi connectivity index (χ3n) is 3.40. The van der Waals surface area contributed by atoms with Crippen molar-refractivity contribution in [3.8, 4) is 0 Å². The average Bonchev–Trinajstić information content (AvgIpc) is 2.49. The molecule has 0 aliphatic carbocycles. The lowest BCUT2D eigenvalue weighted by Gasteiger charge is -2.30. The van der Waals surface area contributed by atoms with Crippen LogP contribution in [-0.4, -0.2) is 20.7 Å². The third-order valence-corrected chi connectivity index (χ3v) is 6.90. The molecule has 0 unspecified atom stereocenters. The minimum Gasteiger partial charge on any atom is -0.264 e. The van der Waals surface area contributed by atoms with Gasteiger partial charge < -0.3 is 0 Å². The molecule has 3 nitrogen and oxygen atoms in total. The van der Waals surface area contributed by atoms with Gasteiger partial charge in [-0.2, -0.15) is 0 Å². The van der Waals surface area contributed by atoms with Gasteiger partial charge in [-0.15, -0.1) is 11.8 Å².